The van der Waals surface area contributed by atoms with Crippen LogP contribution in [-0.2, 0) is 9.84 Å². The zero-order valence-electron chi connectivity index (χ0n) is 20.0. The zero-order chi connectivity index (χ0) is 27.5. The van der Waals surface area contributed by atoms with E-state index in [1.165, 1.54) is 26.0 Å². The highest BCUT2D eigenvalue weighted by atomic mass is 35.5. The molecule has 202 valence electrons. The summed E-state index contributed by atoms with van der Waals surface area (Å²) in [5.41, 5.74) is -3.77. The number of aliphatic hydroxyl groups excluding tert-OH is 1. The Kier molecular flexibility index (Phi) is 7.17. The van der Waals surface area contributed by atoms with E-state index in [2.05, 4.69) is 5.32 Å². The van der Waals surface area contributed by atoms with Crippen molar-refractivity contribution >= 4 is 33.0 Å². The highest BCUT2D eigenvalue weighted by Gasteiger charge is 2.61. The Morgan fingerprint density at radius 2 is 1.65 bits per heavy atom. The van der Waals surface area contributed by atoms with Gasteiger partial charge in [0.25, 0.3) is 5.91 Å². The quantitative estimate of drug-likeness (QED) is 0.397. The number of fused-ring (bicyclic) bond motifs is 2. The second kappa shape index (κ2) is 9.53. The summed E-state index contributed by atoms with van der Waals surface area (Å²) in [6.07, 6.45) is -0.493. The highest BCUT2D eigenvalue weighted by Crippen LogP contribution is 2.54. The summed E-state index contributed by atoms with van der Waals surface area (Å²) in [7, 11) is -4.11. The molecule has 2 fully saturated rings. The van der Waals surface area contributed by atoms with Crippen molar-refractivity contribution in [2.24, 2.45) is 11.8 Å². The van der Waals surface area contributed by atoms with Crippen LogP contribution in [0, 0.1) is 29.3 Å². The average molecular weight is 562 g/mol. The van der Waals surface area contributed by atoms with Crippen LogP contribution in [0.25, 0.3) is 0 Å². The minimum atomic E-state index is -4.11. The van der Waals surface area contributed by atoms with Gasteiger partial charge in [0.05, 0.1) is 26.4 Å². The van der Waals surface area contributed by atoms with Gasteiger partial charge in [-0.2, -0.15) is 0 Å². The second-order valence-electron chi connectivity index (χ2n) is 10.4. The van der Waals surface area contributed by atoms with Crippen LogP contribution in [0.2, 0.25) is 5.02 Å². The summed E-state index contributed by atoms with van der Waals surface area (Å²) in [5, 5.41) is 33.4. The lowest BCUT2D eigenvalue weighted by Gasteiger charge is -2.48. The first kappa shape index (κ1) is 27.8. The molecular formula is C25H27ClF3NO6S. The maximum Gasteiger partial charge on any atom is 0.255 e. The van der Waals surface area contributed by atoms with Crippen molar-refractivity contribution in [1.29, 1.82) is 0 Å². The van der Waals surface area contributed by atoms with Crippen LogP contribution in [0.1, 0.15) is 49.9 Å². The fraction of sp³-hybridized carbons (Fsp3) is 0.480. The van der Waals surface area contributed by atoms with Crippen LogP contribution < -0.4 is 5.32 Å². The van der Waals surface area contributed by atoms with Gasteiger partial charge in [0, 0.05) is 23.4 Å². The fourth-order valence-corrected chi connectivity index (χ4v) is 8.08. The molecule has 7 nitrogen and oxygen atoms in total. The first-order valence-corrected chi connectivity index (χ1v) is 13.6. The molecule has 3 atom stereocenters. The van der Waals surface area contributed by atoms with E-state index in [1.54, 1.807) is 0 Å². The number of benzene rings is 2. The molecule has 2 saturated carbocycles. The maximum atomic E-state index is 13.6. The molecule has 0 aliphatic heterocycles. The standard InChI is InChI=1S/C25H27ClF3NO6S/c1-24(2,33)23(32)25(34)13-4-5-14(25)9-16(8-13)37(35,36)20-7-12(3-6-17(20)26)22(31)30-15-10-18(27)21(29)19(28)11-15/h3,6-7,10-11,13-14,16,23,32-34H,4-5,8-9H2,1-2H3,(H,30,31). The smallest absolute Gasteiger partial charge is 0.255 e. The Hall–Kier alpha value is -2.18. The van der Waals surface area contributed by atoms with E-state index in [9.17, 15) is 41.7 Å². The monoisotopic (exact) mass is 561 g/mol. The van der Waals surface area contributed by atoms with Crippen LogP contribution in [0.3, 0.4) is 0 Å². The van der Waals surface area contributed by atoms with E-state index in [0.717, 1.165) is 6.07 Å². The van der Waals surface area contributed by atoms with Crippen LogP contribution in [0.15, 0.2) is 35.2 Å². The van der Waals surface area contributed by atoms with Crippen LogP contribution >= 0.6 is 11.6 Å². The van der Waals surface area contributed by atoms with Gasteiger partial charge in [-0.1, -0.05) is 11.6 Å². The molecule has 0 aromatic heterocycles. The van der Waals surface area contributed by atoms with Gasteiger partial charge in [0.2, 0.25) is 0 Å². The van der Waals surface area contributed by atoms with Crippen molar-refractivity contribution in [2.45, 2.75) is 67.0 Å². The molecule has 37 heavy (non-hydrogen) atoms. The predicted octanol–water partition coefficient (Wildman–Crippen LogP) is 3.83. The highest BCUT2D eigenvalue weighted by molar-refractivity contribution is 7.92. The Morgan fingerprint density at radius 1 is 1.11 bits per heavy atom. The van der Waals surface area contributed by atoms with Crippen molar-refractivity contribution < 1.29 is 41.7 Å². The fourth-order valence-electron chi connectivity index (χ4n) is 5.68. The molecule has 0 heterocycles. The van der Waals surface area contributed by atoms with Gasteiger partial charge < -0.3 is 20.6 Å². The number of amides is 1. The molecule has 0 spiro atoms. The molecule has 12 heteroatoms. The Labute approximate surface area is 217 Å². The number of aliphatic hydroxyl groups is 3. The Bertz CT molecular complexity index is 1310. The van der Waals surface area contributed by atoms with E-state index < -0.39 is 67.6 Å². The lowest BCUT2D eigenvalue weighted by atomic mass is 9.68. The lowest BCUT2D eigenvalue weighted by molar-refractivity contribution is -0.200. The van der Waals surface area contributed by atoms with Gasteiger partial charge in [-0.25, -0.2) is 21.6 Å². The van der Waals surface area contributed by atoms with Crippen molar-refractivity contribution in [1.82, 2.24) is 0 Å². The first-order valence-electron chi connectivity index (χ1n) is 11.7. The van der Waals surface area contributed by atoms with E-state index in [4.69, 9.17) is 11.6 Å². The molecule has 4 N–H and O–H groups in total. The van der Waals surface area contributed by atoms with Crippen LogP contribution in [-0.4, -0.2) is 52.2 Å². The lowest BCUT2D eigenvalue weighted by Crippen LogP contribution is -2.62. The number of hydrogen-bond acceptors (Lipinski definition) is 6. The molecule has 2 aromatic carbocycles. The molecule has 0 radical (unpaired) electrons. The summed E-state index contributed by atoms with van der Waals surface area (Å²) in [5.74, 6) is -6.76. The van der Waals surface area contributed by atoms with Crippen LogP contribution in [0.5, 0.6) is 0 Å². The minimum absolute atomic E-state index is 0.0172. The molecule has 0 saturated heterocycles. The normalized spacial score (nSPS) is 26.7. The number of sulfone groups is 1. The summed E-state index contributed by atoms with van der Waals surface area (Å²) in [6, 6.07) is 4.67. The molecule has 1 amide bonds. The molecular weight excluding hydrogens is 535 g/mol. The summed E-state index contributed by atoms with van der Waals surface area (Å²) >= 11 is 6.20. The minimum Gasteiger partial charge on any atom is -0.388 e. The predicted molar refractivity (Wildman–Crippen MR) is 129 cm³/mol. The maximum absolute atomic E-state index is 13.6. The van der Waals surface area contributed by atoms with Gasteiger partial charge in [-0.15, -0.1) is 0 Å². The Morgan fingerprint density at radius 3 is 2.16 bits per heavy atom. The number of hydrogen-bond donors (Lipinski definition) is 4. The van der Waals surface area contributed by atoms with Gasteiger partial charge in [-0.05, 0) is 69.6 Å². The number of carbonyl (C=O) groups excluding carboxylic acids is 1. The molecule has 2 aromatic rings. The van der Waals surface area contributed by atoms with E-state index in [-0.39, 0.29) is 34.0 Å². The van der Waals surface area contributed by atoms with Crippen molar-refractivity contribution in [3.8, 4) is 0 Å². The van der Waals surface area contributed by atoms with Crippen LogP contribution in [0.4, 0.5) is 18.9 Å². The van der Waals surface area contributed by atoms with Gasteiger partial charge in [0.15, 0.2) is 27.3 Å². The van der Waals surface area contributed by atoms with E-state index in [1.807, 2.05) is 0 Å². The average Bonchev–Trinajstić information content (AvgIpc) is 2.97. The molecule has 2 bridgehead atoms. The summed E-state index contributed by atoms with van der Waals surface area (Å²) < 4.78 is 67.4. The number of carbonyl (C=O) groups is 1. The number of anilines is 1. The zero-order valence-corrected chi connectivity index (χ0v) is 21.6. The SMILES string of the molecule is CC(C)(O)C(O)C1(O)C2CCC1CC(S(=O)(=O)c1cc(C(=O)Nc3cc(F)c(F)c(F)c3)ccc1Cl)C2. The topological polar surface area (TPSA) is 124 Å². The molecule has 2 aliphatic rings. The van der Waals surface area contributed by atoms with E-state index >= 15 is 0 Å². The first-order chi connectivity index (χ1) is 17.1. The summed E-state index contributed by atoms with van der Waals surface area (Å²) in [4.78, 5) is 12.4. The third kappa shape index (κ3) is 4.87. The molecule has 4 rings (SSSR count). The van der Waals surface area contributed by atoms with Gasteiger partial charge >= 0.3 is 0 Å². The van der Waals surface area contributed by atoms with Crippen molar-refractivity contribution in [3.63, 3.8) is 0 Å². The number of nitrogens with one attached hydrogen (secondary N) is 1. The third-order valence-electron chi connectivity index (χ3n) is 7.55. The summed E-state index contributed by atoms with van der Waals surface area (Å²) in [6.45, 7) is 2.76. The molecule has 2 aliphatic carbocycles. The Balaban J connectivity index is 1.60. The molecule has 3 unspecified atom stereocenters. The van der Waals surface area contributed by atoms with Gasteiger partial charge in [-0.3, -0.25) is 4.79 Å². The second-order valence-corrected chi connectivity index (χ2v) is 13.0. The number of rotatable bonds is 6. The van der Waals surface area contributed by atoms with E-state index in [0.29, 0.717) is 25.0 Å². The largest absolute Gasteiger partial charge is 0.388 e. The van der Waals surface area contributed by atoms with Crippen molar-refractivity contribution in [3.05, 3.63) is 58.4 Å². The third-order valence-corrected chi connectivity index (χ3v) is 10.2. The number of halogens is 4. The van der Waals surface area contributed by atoms with Crippen molar-refractivity contribution in [2.75, 3.05) is 5.32 Å². The van der Waals surface area contributed by atoms with Gasteiger partial charge in [0.1, 0.15) is 6.10 Å².